The van der Waals surface area contributed by atoms with E-state index in [9.17, 15) is 5.11 Å². The van der Waals surface area contributed by atoms with Gasteiger partial charge in [0.2, 0.25) is 0 Å². The Balaban J connectivity index is 1.65. The van der Waals surface area contributed by atoms with E-state index in [1.54, 1.807) is 0 Å². The van der Waals surface area contributed by atoms with Gasteiger partial charge in [0.25, 0.3) is 0 Å². The van der Waals surface area contributed by atoms with Gasteiger partial charge in [-0.2, -0.15) is 0 Å². The van der Waals surface area contributed by atoms with Gasteiger partial charge in [0.15, 0.2) is 5.82 Å². The third-order valence-electron chi connectivity index (χ3n) is 4.87. The molecule has 0 saturated carbocycles. The van der Waals surface area contributed by atoms with E-state index in [1.807, 2.05) is 45.2 Å². The van der Waals surface area contributed by atoms with Crippen molar-refractivity contribution in [3.8, 4) is 11.4 Å². The molecule has 0 amide bonds. The van der Waals surface area contributed by atoms with E-state index < -0.39 is 5.60 Å². The van der Waals surface area contributed by atoms with Crippen molar-refractivity contribution < 1.29 is 5.11 Å². The fourth-order valence-electron chi connectivity index (χ4n) is 3.50. The van der Waals surface area contributed by atoms with Gasteiger partial charge in [-0.15, -0.1) is 10.2 Å². The summed E-state index contributed by atoms with van der Waals surface area (Å²) in [7, 11) is 2.01. The van der Waals surface area contributed by atoms with Crippen LogP contribution in [0.1, 0.15) is 26.6 Å². The summed E-state index contributed by atoms with van der Waals surface area (Å²) in [5, 5.41) is 19.5. The molecule has 0 aliphatic carbocycles. The molecule has 1 atom stereocenters. The maximum atomic E-state index is 10.1. The number of aliphatic hydroxyl groups is 1. The fraction of sp³-hybridized carbons (Fsp3) is 0.579. The Bertz CT molecular complexity index is 737. The second-order valence-corrected chi connectivity index (χ2v) is 8.31. The van der Waals surface area contributed by atoms with Crippen molar-refractivity contribution >= 4 is 11.6 Å². The third kappa shape index (κ3) is 4.62. The Hall–Kier alpha value is -1.47. The summed E-state index contributed by atoms with van der Waals surface area (Å²) in [5.41, 5.74) is 0.354. The van der Waals surface area contributed by atoms with Crippen molar-refractivity contribution in [2.75, 3.05) is 26.2 Å². The summed E-state index contributed by atoms with van der Waals surface area (Å²) in [6.45, 7) is 10.3. The molecular weight excluding hydrogens is 350 g/mol. The summed E-state index contributed by atoms with van der Waals surface area (Å²) in [4.78, 5) is 4.76. The van der Waals surface area contributed by atoms with Crippen LogP contribution in [0.5, 0.6) is 0 Å². The smallest absolute Gasteiger partial charge is 0.163 e. The number of rotatable bonds is 5. The molecule has 7 heteroatoms. The first-order valence-corrected chi connectivity index (χ1v) is 9.44. The Labute approximate surface area is 160 Å². The van der Waals surface area contributed by atoms with Gasteiger partial charge < -0.3 is 9.67 Å². The Kier molecular flexibility index (Phi) is 5.67. The zero-order chi connectivity index (χ0) is 18.9. The summed E-state index contributed by atoms with van der Waals surface area (Å²) in [6.07, 6.45) is 0. The van der Waals surface area contributed by atoms with E-state index >= 15 is 0 Å². The second kappa shape index (κ2) is 7.64. The number of halogens is 1. The van der Waals surface area contributed by atoms with Crippen LogP contribution < -0.4 is 0 Å². The first-order valence-electron chi connectivity index (χ1n) is 9.06. The van der Waals surface area contributed by atoms with Crippen molar-refractivity contribution in [2.45, 2.75) is 39.0 Å². The lowest BCUT2D eigenvalue weighted by atomic mass is 10.1. The molecule has 142 valence electrons. The predicted octanol–water partition coefficient (Wildman–Crippen LogP) is 2.41. The quantitative estimate of drug-likeness (QED) is 0.867. The molecule has 2 aromatic rings. The zero-order valence-electron chi connectivity index (χ0n) is 16.0. The number of β-amino-alcohol motifs (C(OH)–C–C–N with tert-alkyl or cyclic N) is 1. The highest BCUT2D eigenvalue weighted by Gasteiger charge is 2.28. The zero-order valence-corrected chi connectivity index (χ0v) is 16.7. The van der Waals surface area contributed by atoms with Crippen LogP contribution in [0.2, 0.25) is 5.02 Å². The average Bonchev–Trinajstić information content (AvgIpc) is 2.91. The molecule has 1 aliphatic rings. The van der Waals surface area contributed by atoms with Gasteiger partial charge in [-0.3, -0.25) is 9.80 Å². The van der Waals surface area contributed by atoms with Crippen molar-refractivity contribution in [3.63, 3.8) is 0 Å². The molecule has 1 fully saturated rings. The molecule has 26 heavy (non-hydrogen) atoms. The largest absolute Gasteiger partial charge is 0.389 e. The minimum atomic E-state index is -0.659. The van der Waals surface area contributed by atoms with Gasteiger partial charge in [0, 0.05) is 49.9 Å². The lowest BCUT2D eigenvalue weighted by molar-refractivity contribution is -0.00561. The van der Waals surface area contributed by atoms with Crippen LogP contribution in [0.4, 0.5) is 0 Å². The molecule has 2 heterocycles. The average molecular weight is 378 g/mol. The fourth-order valence-corrected chi connectivity index (χ4v) is 3.62. The van der Waals surface area contributed by atoms with Gasteiger partial charge in [-0.1, -0.05) is 11.6 Å². The first-order chi connectivity index (χ1) is 12.2. The highest BCUT2D eigenvalue weighted by molar-refractivity contribution is 6.30. The van der Waals surface area contributed by atoms with Crippen LogP contribution in [0.15, 0.2) is 24.3 Å². The minimum Gasteiger partial charge on any atom is -0.389 e. The maximum absolute atomic E-state index is 10.1. The normalized spacial score (nSPS) is 19.8. The van der Waals surface area contributed by atoms with Crippen molar-refractivity contribution in [3.05, 3.63) is 35.1 Å². The lowest BCUT2D eigenvalue weighted by Gasteiger charge is -2.41. The molecule has 1 aliphatic heterocycles. The van der Waals surface area contributed by atoms with Gasteiger partial charge in [0.1, 0.15) is 5.82 Å². The predicted molar refractivity (Wildman–Crippen MR) is 104 cm³/mol. The van der Waals surface area contributed by atoms with E-state index in [4.69, 9.17) is 11.6 Å². The van der Waals surface area contributed by atoms with Crippen LogP contribution >= 0.6 is 11.6 Å². The molecular formula is C19H28ClN5O. The molecule has 0 radical (unpaired) electrons. The van der Waals surface area contributed by atoms with E-state index in [1.165, 1.54) is 0 Å². The summed E-state index contributed by atoms with van der Waals surface area (Å²) in [6, 6.07) is 8.07. The number of hydrogen-bond donors (Lipinski definition) is 1. The topological polar surface area (TPSA) is 57.4 Å². The standard InChI is InChI=1S/C19H28ClN5O/c1-14-11-24(9-10-25(14)13-19(2,3)26)12-17-21-22-18(23(17)4)15-5-7-16(20)8-6-15/h5-8,14,26H,9-13H2,1-4H3. The van der Waals surface area contributed by atoms with Crippen LogP contribution in [-0.2, 0) is 13.6 Å². The second-order valence-electron chi connectivity index (χ2n) is 7.87. The van der Waals surface area contributed by atoms with Crippen LogP contribution in [0.25, 0.3) is 11.4 Å². The van der Waals surface area contributed by atoms with Gasteiger partial charge in [-0.25, -0.2) is 0 Å². The van der Waals surface area contributed by atoms with E-state index in [0.29, 0.717) is 17.6 Å². The Morgan fingerprint density at radius 1 is 1.19 bits per heavy atom. The van der Waals surface area contributed by atoms with Crippen molar-refractivity contribution in [2.24, 2.45) is 7.05 Å². The molecule has 6 nitrogen and oxygen atoms in total. The molecule has 3 rings (SSSR count). The first kappa shape index (κ1) is 19.3. The highest BCUT2D eigenvalue weighted by atomic mass is 35.5. The molecule has 0 spiro atoms. The molecule has 1 aromatic carbocycles. The summed E-state index contributed by atoms with van der Waals surface area (Å²) < 4.78 is 2.05. The summed E-state index contributed by atoms with van der Waals surface area (Å²) in [5.74, 6) is 1.81. The lowest BCUT2D eigenvalue weighted by Crippen LogP contribution is -2.55. The number of piperazine rings is 1. The maximum Gasteiger partial charge on any atom is 0.163 e. The van der Waals surface area contributed by atoms with E-state index in [-0.39, 0.29) is 0 Å². The number of hydrogen-bond acceptors (Lipinski definition) is 5. The number of benzene rings is 1. The van der Waals surface area contributed by atoms with E-state index in [2.05, 4.69) is 31.5 Å². The molecule has 1 N–H and O–H groups in total. The molecule has 1 saturated heterocycles. The Morgan fingerprint density at radius 2 is 1.88 bits per heavy atom. The van der Waals surface area contributed by atoms with Crippen LogP contribution in [-0.4, -0.2) is 67.5 Å². The van der Waals surface area contributed by atoms with E-state index in [0.717, 1.165) is 43.4 Å². The highest BCUT2D eigenvalue weighted by Crippen LogP contribution is 2.21. The minimum absolute atomic E-state index is 0.402. The SMILES string of the molecule is CC1CN(Cc2nnc(-c3ccc(Cl)cc3)n2C)CCN1CC(C)(C)O. The van der Waals surface area contributed by atoms with Crippen molar-refractivity contribution in [1.29, 1.82) is 0 Å². The van der Waals surface area contributed by atoms with Crippen molar-refractivity contribution in [1.82, 2.24) is 24.6 Å². The van der Waals surface area contributed by atoms with Crippen LogP contribution in [0.3, 0.4) is 0 Å². The number of nitrogens with zero attached hydrogens (tertiary/aromatic N) is 5. The molecule has 1 aromatic heterocycles. The van der Waals surface area contributed by atoms with Gasteiger partial charge in [-0.05, 0) is 45.0 Å². The number of aromatic nitrogens is 3. The summed E-state index contributed by atoms with van der Waals surface area (Å²) >= 11 is 5.97. The Morgan fingerprint density at radius 3 is 2.50 bits per heavy atom. The van der Waals surface area contributed by atoms with Gasteiger partial charge >= 0.3 is 0 Å². The molecule has 1 unspecified atom stereocenters. The monoisotopic (exact) mass is 377 g/mol. The third-order valence-corrected chi connectivity index (χ3v) is 5.12. The van der Waals surface area contributed by atoms with Crippen LogP contribution in [0, 0.1) is 0 Å². The molecule has 0 bridgehead atoms. The van der Waals surface area contributed by atoms with Gasteiger partial charge in [0.05, 0.1) is 12.1 Å².